The highest BCUT2D eigenvalue weighted by atomic mass is 19.1. The quantitative estimate of drug-likeness (QED) is 0.758. The van der Waals surface area contributed by atoms with Crippen molar-refractivity contribution in [2.45, 2.75) is 6.42 Å². The lowest BCUT2D eigenvalue weighted by atomic mass is 10.1. The second kappa shape index (κ2) is 4.13. The summed E-state index contributed by atoms with van der Waals surface area (Å²) < 4.78 is 25.7. The molecule has 1 amide bonds. The second-order valence-corrected chi connectivity index (χ2v) is 3.73. The summed E-state index contributed by atoms with van der Waals surface area (Å²) in [4.78, 5) is 15.7. The van der Waals surface area contributed by atoms with E-state index >= 15 is 0 Å². The highest BCUT2D eigenvalue weighted by molar-refractivity contribution is 5.95. The van der Waals surface area contributed by atoms with Gasteiger partial charge in [-0.15, -0.1) is 0 Å². The summed E-state index contributed by atoms with van der Waals surface area (Å²) in [6.45, 7) is 0.163. The summed E-state index contributed by atoms with van der Waals surface area (Å²) in [5.41, 5.74) is 0.144. The Morgan fingerprint density at radius 1 is 1.44 bits per heavy atom. The number of amides is 1. The Morgan fingerprint density at radius 3 is 2.56 bits per heavy atom. The van der Waals surface area contributed by atoms with Gasteiger partial charge in [0.25, 0.3) is 0 Å². The molecule has 1 N–H and O–H groups in total. The highest BCUT2D eigenvalue weighted by Gasteiger charge is 2.30. The third-order valence-electron chi connectivity index (χ3n) is 2.52. The molecule has 0 bridgehead atoms. The molecule has 1 aromatic rings. The van der Waals surface area contributed by atoms with Crippen molar-refractivity contribution in [2.24, 2.45) is 5.92 Å². The first kappa shape index (κ1) is 10.9. The molecule has 1 fully saturated rings. The Balaban J connectivity index is 2.27. The van der Waals surface area contributed by atoms with E-state index in [4.69, 9.17) is 5.11 Å². The van der Waals surface area contributed by atoms with Gasteiger partial charge in [0.2, 0.25) is 17.8 Å². The molecular weight excluding hydrogens is 218 g/mol. The molecule has 0 spiro atoms. The molecule has 16 heavy (non-hydrogen) atoms. The molecule has 1 atom stereocenters. The molecule has 1 aromatic heterocycles. The molecule has 2 heterocycles. The minimum absolute atomic E-state index is 0.113. The standard InChI is InChI=1S/C10H10F2N2O2/c11-8-2-7(3-9(12)13-8)14-4-6(5-15)1-10(14)16/h2-3,6,15H,1,4-5H2. The van der Waals surface area contributed by atoms with Gasteiger partial charge >= 0.3 is 0 Å². The number of aromatic nitrogens is 1. The van der Waals surface area contributed by atoms with Gasteiger partial charge in [-0.05, 0) is 0 Å². The zero-order chi connectivity index (χ0) is 11.7. The minimum atomic E-state index is -0.963. The maximum Gasteiger partial charge on any atom is 0.227 e. The molecule has 0 saturated carbocycles. The van der Waals surface area contributed by atoms with Gasteiger partial charge in [-0.3, -0.25) is 4.79 Å². The summed E-state index contributed by atoms with van der Waals surface area (Å²) in [5, 5.41) is 8.92. The normalized spacial score (nSPS) is 20.6. The smallest absolute Gasteiger partial charge is 0.227 e. The molecule has 0 aliphatic carbocycles. The van der Waals surface area contributed by atoms with E-state index in [2.05, 4.69) is 4.98 Å². The average Bonchev–Trinajstić information content (AvgIpc) is 2.58. The number of aliphatic hydroxyl groups is 1. The van der Waals surface area contributed by atoms with Crippen molar-refractivity contribution in [2.75, 3.05) is 18.1 Å². The molecule has 1 saturated heterocycles. The van der Waals surface area contributed by atoms with Crippen LogP contribution in [0.5, 0.6) is 0 Å². The van der Waals surface area contributed by atoms with Gasteiger partial charge in [0.05, 0.1) is 5.69 Å². The summed E-state index contributed by atoms with van der Waals surface area (Å²) in [6.07, 6.45) is 0.196. The molecule has 6 heteroatoms. The van der Waals surface area contributed by atoms with Crippen LogP contribution in [0.25, 0.3) is 0 Å². The van der Waals surface area contributed by atoms with Gasteiger partial charge in [-0.25, -0.2) is 0 Å². The predicted molar refractivity (Wildman–Crippen MR) is 51.7 cm³/mol. The zero-order valence-corrected chi connectivity index (χ0v) is 8.36. The number of rotatable bonds is 2. The number of aliphatic hydroxyl groups excluding tert-OH is 1. The summed E-state index contributed by atoms with van der Waals surface area (Å²) >= 11 is 0. The number of hydrogen-bond acceptors (Lipinski definition) is 3. The molecule has 0 aromatic carbocycles. The summed E-state index contributed by atoms with van der Waals surface area (Å²) in [6, 6.07) is 2.00. The van der Waals surface area contributed by atoms with Crippen LogP contribution in [0.4, 0.5) is 14.5 Å². The topological polar surface area (TPSA) is 53.4 Å². The molecule has 4 nitrogen and oxygen atoms in total. The van der Waals surface area contributed by atoms with Crippen molar-refractivity contribution in [1.29, 1.82) is 0 Å². The number of anilines is 1. The van der Waals surface area contributed by atoms with Gasteiger partial charge in [0.15, 0.2) is 0 Å². The Kier molecular flexibility index (Phi) is 2.82. The van der Waals surface area contributed by atoms with Gasteiger partial charge in [0, 0.05) is 37.6 Å². The highest BCUT2D eigenvalue weighted by Crippen LogP contribution is 2.25. The van der Waals surface area contributed by atoms with Crippen LogP contribution in [0.3, 0.4) is 0 Å². The Hall–Kier alpha value is -1.56. The molecule has 1 aliphatic heterocycles. The van der Waals surface area contributed by atoms with Crippen molar-refractivity contribution in [3.8, 4) is 0 Å². The van der Waals surface area contributed by atoms with E-state index in [9.17, 15) is 13.6 Å². The first-order valence-electron chi connectivity index (χ1n) is 4.84. The van der Waals surface area contributed by atoms with E-state index in [1.807, 2.05) is 0 Å². The number of carbonyl (C=O) groups is 1. The van der Waals surface area contributed by atoms with Crippen LogP contribution in [0.1, 0.15) is 6.42 Å². The fraction of sp³-hybridized carbons (Fsp3) is 0.400. The summed E-state index contributed by atoms with van der Waals surface area (Å²) in [7, 11) is 0. The van der Waals surface area contributed by atoms with Crippen LogP contribution in [0.15, 0.2) is 12.1 Å². The minimum Gasteiger partial charge on any atom is -0.396 e. The van der Waals surface area contributed by atoms with E-state index < -0.39 is 11.9 Å². The van der Waals surface area contributed by atoms with Crippen LogP contribution in [-0.4, -0.2) is 29.1 Å². The maximum atomic E-state index is 12.8. The second-order valence-electron chi connectivity index (χ2n) is 3.73. The lowest BCUT2D eigenvalue weighted by Crippen LogP contribution is -2.25. The number of nitrogens with zero attached hydrogens (tertiary/aromatic N) is 2. The van der Waals surface area contributed by atoms with Gasteiger partial charge in [-0.2, -0.15) is 13.8 Å². The molecule has 1 unspecified atom stereocenters. The van der Waals surface area contributed by atoms with Crippen LogP contribution in [-0.2, 0) is 4.79 Å². The van der Waals surface area contributed by atoms with Crippen LogP contribution < -0.4 is 4.90 Å². The molecule has 0 radical (unpaired) electrons. The molecule has 2 rings (SSSR count). The Morgan fingerprint density at radius 2 is 2.06 bits per heavy atom. The third-order valence-corrected chi connectivity index (χ3v) is 2.52. The van der Waals surface area contributed by atoms with Crippen molar-refractivity contribution in [1.82, 2.24) is 4.98 Å². The van der Waals surface area contributed by atoms with E-state index in [0.717, 1.165) is 12.1 Å². The monoisotopic (exact) mass is 228 g/mol. The summed E-state index contributed by atoms with van der Waals surface area (Å²) in [5.74, 6) is -2.35. The SMILES string of the molecule is O=C1CC(CO)CN1c1cc(F)nc(F)c1. The van der Waals surface area contributed by atoms with E-state index in [1.54, 1.807) is 0 Å². The van der Waals surface area contributed by atoms with Crippen molar-refractivity contribution >= 4 is 11.6 Å². The van der Waals surface area contributed by atoms with Gasteiger partial charge in [-0.1, -0.05) is 0 Å². The van der Waals surface area contributed by atoms with Crippen molar-refractivity contribution in [3.05, 3.63) is 24.0 Å². The number of halogens is 2. The molecule has 1 aliphatic rings. The van der Waals surface area contributed by atoms with E-state index in [-0.39, 0.29) is 37.1 Å². The fourth-order valence-corrected chi connectivity index (χ4v) is 1.76. The first-order valence-corrected chi connectivity index (χ1v) is 4.84. The maximum absolute atomic E-state index is 12.8. The average molecular weight is 228 g/mol. The van der Waals surface area contributed by atoms with Crippen LogP contribution in [0, 0.1) is 17.8 Å². The number of hydrogen-bond donors (Lipinski definition) is 1. The van der Waals surface area contributed by atoms with Gasteiger partial charge < -0.3 is 10.0 Å². The van der Waals surface area contributed by atoms with E-state index in [0.29, 0.717) is 0 Å². The Labute approximate surface area is 90.5 Å². The molecule has 86 valence electrons. The van der Waals surface area contributed by atoms with Crippen LogP contribution >= 0.6 is 0 Å². The lowest BCUT2D eigenvalue weighted by Gasteiger charge is -2.16. The predicted octanol–water partition coefficient (Wildman–Crippen LogP) is 0.705. The van der Waals surface area contributed by atoms with E-state index in [1.165, 1.54) is 4.90 Å². The van der Waals surface area contributed by atoms with Gasteiger partial charge in [0.1, 0.15) is 0 Å². The fourth-order valence-electron chi connectivity index (χ4n) is 1.76. The third kappa shape index (κ3) is 2.01. The zero-order valence-electron chi connectivity index (χ0n) is 8.36. The molecular formula is C10H10F2N2O2. The first-order chi connectivity index (χ1) is 7.60. The van der Waals surface area contributed by atoms with Crippen LogP contribution in [0.2, 0.25) is 0 Å². The lowest BCUT2D eigenvalue weighted by molar-refractivity contribution is -0.117. The number of pyridine rings is 1. The number of carbonyl (C=O) groups excluding carboxylic acids is 1. The van der Waals surface area contributed by atoms with Crippen molar-refractivity contribution < 1.29 is 18.7 Å². The van der Waals surface area contributed by atoms with Crippen molar-refractivity contribution in [3.63, 3.8) is 0 Å². The largest absolute Gasteiger partial charge is 0.396 e. The Bertz CT molecular complexity index is 405.